The Hall–Kier alpha value is -2.40. The summed E-state index contributed by atoms with van der Waals surface area (Å²) >= 11 is 0. The second-order valence-electron chi connectivity index (χ2n) is 7.18. The van der Waals surface area contributed by atoms with Crippen LogP contribution in [0.3, 0.4) is 0 Å². The molecule has 0 atom stereocenters. The summed E-state index contributed by atoms with van der Waals surface area (Å²) in [7, 11) is 0. The lowest BCUT2D eigenvalue weighted by atomic mass is 10.1. The Bertz CT molecular complexity index is 757. The Morgan fingerprint density at radius 3 is 2.59 bits per heavy atom. The standard InChI is InChI=1S/C22H28FN3O/c1-18-5-2-8-21(15-18)26-13-11-25(12-14-26)10-4-9-24-22(27)17-19-6-3-7-20(23)16-19/h2-3,5-8,15-16H,4,9-14,17H2,1H3,(H,24,27). The second kappa shape index (κ2) is 9.51. The van der Waals surface area contributed by atoms with Crippen molar-refractivity contribution >= 4 is 11.6 Å². The monoisotopic (exact) mass is 369 g/mol. The van der Waals surface area contributed by atoms with Gasteiger partial charge in [-0.2, -0.15) is 0 Å². The van der Waals surface area contributed by atoms with Crippen molar-refractivity contribution in [3.8, 4) is 0 Å². The molecular formula is C22H28FN3O. The number of aryl methyl sites for hydroxylation is 1. The van der Waals surface area contributed by atoms with Crippen LogP contribution >= 0.6 is 0 Å². The predicted octanol–water partition coefficient (Wildman–Crippen LogP) is 3.01. The van der Waals surface area contributed by atoms with Crippen LogP contribution in [0.1, 0.15) is 17.5 Å². The van der Waals surface area contributed by atoms with Gasteiger partial charge < -0.3 is 10.2 Å². The SMILES string of the molecule is Cc1cccc(N2CCN(CCCNC(=O)Cc3cccc(F)c3)CC2)c1. The highest BCUT2D eigenvalue weighted by Gasteiger charge is 2.16. The van der Waals surface area contributed by atoms with E-state index in [4.69, 9.17) is 0 Å². The molecule has 0 bridgehead atoms. The maximum Gasteiger partial charge on any atom is 0.224 e. The van der Waals surface area contributed by atoms with Gasteiger partial charge in [-0.3, -0.25) is 9.69 Å². The zero-order valence-electron chi connectivity index (χ0n) is 16.0. The van der Waals surface area contributed by atoms with Crippen LogP contribution < -0.4 is 10.2 Å². The van der Waals surface area contributed by atoms with Gasteiger partial charge in [-0.25, -0.2) is 4.39 Å². The first-order chi connectivity index (χ1) is 13.1. The Labute approximate surface area is 161 Å². The van der Waals surface area contributed by atoms with E-state index >= 15 is 0 Å². The van der Waals surface area contributed by atoms with Crippen LogP contribution in [0.25, 0.3) is 0 Å². The fourth-order valence-electron chi connectivity index (χ4n) is 3.48. The summed E-state index contributed by atoms with van der Waals surface area (Å²) in [4.78, 5) is 16.8. The summed E-state index contributed by atoms with van der Waals surface area (Å²) < 4.78 is 13.1. The van der Waals surface area contributed by atoms with E-state index in [1.807, 2.05) is 0 Å². The third-order valence-electron chi connectivity index (χ3n) is 4.97. The molecule has 0 radical (unpaired) electrons. The summed E-state index contributed by atoms with van der Waals surface area (Å²) in [6.07, 6.45) is 1.16. The van der Waals surface area contributed by atoms with Gasteiger partial charge in [-0.15, -0.1) is 0 Å². The van der Waals surface area contributed by atoms with E-state index in [1.54, 1.807) is 12.1 Å². The highest BCUT2D eigenvalue weighted by atomic mass is 19.1. The number of nitrogens with one attached hydrogen (secondary N) is 1. The zero-order chi connectivity index (χ0) is 19.1. The average molecular weight is 369 g/mol. The maximum atomic E-state index is 13.1. The van der Waals surface area contributed by atoms with Crippen LogP contribution in [0, 0.1) is 12.7 Å². The van der Waals surface area contributed by atoms with Crippen LogP contribution in [-0.2, 0) is 11.2 Å². The van der Waals surface area contributed by atoms with Crippen molar-refractivity contribution in [2.75, 3.05) is 44.2 Å². The molecule has 4 nitrogen and oxygen atoms in total. The summed E-state index contributed by atoms with van der Waals surface area (Å²) in [5.74, 6) is -0.352. The normalized spacial score (nSPS) is 15.0. The van der Waals surface area contributed by atoms with Gasteiger partial charge >= 0.3 is 0 Å². The van der Waals surface area contributed by atoms with Crippen LogP contribution in [0.2, 0.25) is 0 Å². The van der Waals surface area contributed by atoms with E-state index in [0.29, 0.717) is 12.1 Å². The summed E-state index contributed by atoms with van der Waals surface area (Å²) in [5, 5.41) is 2.93. The second-order valence-corrected chi connectivity index (χ2v) is 7.18. The third kappa shape index (κ3) is 6.07. The Morgan fingerprint density at radius 1 is 1.07 bits per heavy atom. The number of anilines is 1. The van der Waals surface area contributed by atoms with Gasteiger partial charge in [0.25, 0.3) is 0 Å². The van der Waals surface area contributed by atoms with Crippen molar-refractivity contribution in [3.63, 3.8) is 0 Å². The van der Waals surface area contributed by atoms with Crippen LogP contribution in [0.4, 0.5) is 10.1 Å². The van der Waals surface area contributed by atoms with Gasteiger partial charge in [0.15, 0.2) is 0 Å². The van der Waals surface area contributed by atoms with E-state index in [9.17, 15) is 9.18 Å². The molecule has 0 aromatic heterocycles. The molecule has 2 aromatic rings. The van der Waals surface area contributed by atoms with E-state index in [-0.39, 0.29) is 18.1 Å². The molecule has 1 fully saturated rings. The smallest absolute Gasteiger partial charge is 0.224 e. The van der Waals surface area contributed by atoms with Gasteiger partial charge in [0.05, 0.1) is 6.42 Å². The minimum absolute atomic E-state index is 0.0510. The molecule has 1 aliphatic rings. The number of amides is 1. The van der Waals surface area contributed by atoms with Crippen molar-refractivity contribution in [1.29, 1.82) is 0 Å². The molecular weight excluding hydrogens is 341 g/mol. The number of nitrogens with zero attached hydrogens (tertiary/aromatic N) is 2. The van der Waals surface area contributed by atoms with E-state index in [2.05, 4.69) is 46.3 Å². The van der Waals surface area contributed by atoms with Gasteiger partial charge in [-0.1, -0.05) is 24.3 Å². The number of halogens is 1. The molecule has 1 N–H and O–H groups in total. The molecule has 0 aliphatic carbocycles. The van der Waals surface area contributed by atoms with E-state index < -0.39 is 0 Å². The van der Waals surface area contributed by atoms with Gasteiger partial charge in [-0.05, 0) is 55.3 Å². The Morgan fingerprint density at radius 2 is 1.85 bits per heavy atom. The fourth-order valence-corrected chi connectivity index (χ4v) is 3.48. The largest absolute Gasteiger partial charge is 0.369 e. The molecule has 1 heterocycles. The van der Waals surface area contributed by atoms with Crippen molar-refractivity contribution in [3.05, 3.63) is 65.5 Å². The van der Waals surface area contributed by atoms with Crippen molar-refractivity contribution in [2.24, 2.45) is 0 Å². The van der Waals surface area contributed by atoms with Gasteiger partial charge in [0.1, 0.15) is 5.82 Å². The fraction of sp³-hybridized carbons (Fsp3) is 0.409. The zero-order valence-corrected chi connectivity index (χ0v) is 16.0. The van der Waals surface area contributed by atoms with Crippen LogP contribution in [0.15, 0.2) is 48.5 Å². The molecule has 0 unspecified atom stereocenters. The molecule has 1 saturated heterocycles. The predicted molar refractivity (Wildman–Crippen MR) is 108 cm³/mol. The highest BCUT2D eigenvalue weighted by Crippen LogP contribution is 2.17. The lowest BCUT2D eigenvalue weighted by Gasteiger charge is -2.36. The molecule has 0 saturated carbocycles. The van der Waals surface area contributed by atoms with Crippen molar-refractivity contribution in [2.45, 2.75) is 19.8 Å². The minimum Gasteiger partial charge on any atom is -0.369 e. The highest BCUT2D eigenvalue weighted by molar-refractivity contribution is 5.78. The summed E-state index contributed by atoms with van der Waals surface area (Å²) in [5.41, 5.74) is 3.31. The summed E-state index contributed by atoms with van der Waals surface area (Å²) in [6, 6.07) is 14.9. The third-order valence-corrected chi connectivity index (χ3v) is 4.97. The molecule has 1 aliphatic heterocycles. The number of piperazine rings is 1. The minimum atomic E-state index is -0.301. The van der Waals surface area contributed by atoms with Gasteiger partial charge in [0.2, 0.25) is 5.91 Å². The first-order valence-corrected chi connectivity index (χ1v) is 9.65. The van der Waals surface area contributed by atoms with E-state index in [0.717, 1.165) is 39.1 Å². The van der Waals surface area contributed by atoms with Crippen molar-refractivity contribution in [1.82, 2.24) is 10.2 Å². The molecule has 27 heavy (non-hydrogen) atoms. The molecule has 3 rings (SSSR count). The lowest BCUT2D eigenvalue weighted by Crippen LogP contribution is -2.47. The van der Waals surface area contributed by atoms with Crippen LogP contribution in [-0.4, -0.2) is 50.1 Å². The number of carbonyl (C=O) groups is 1. The lowest BCUT2D eigenvalue weighted by molar-refractivity contribution is -0.120. The van der Waals surface area contributed by atoms with Crippen molar-refractivity contribution < 1.29 is 9.18 Å². The quantitative estimate of drug-likeness (QED) is 0.762. The molecule has 5 heteroatoms. The average Bonchev–Trinajstić information content (AvgIpc) is 2.66. The number of rotatable bonds is 7. The van der Waals surface area contributed by atoms with Crippen LogP contribution in [0.5, 0.6) is 0 Å². The van der Waals surface area contributed by atoms with E-state index in [1.165, 1.54) is 23.4 Å². The molecule has 2 aromatic carbocycles. The number of hydrogen-bond acceptors (Lipinski definition) is 3. The maximum absolute atomic E-state index is 13.1. The number of benzene rings is 2. The molecule has 0 spiro atoms. The first-order valence-electron chi connectivity index (χ1n) is 9.65. The molecule has 144 valence electrons. The Balaban J connectivity index is 1.32. The first kappa shape index (κ1) is 19.4. The topological polar surface area (TPSA) is 35.6 Å². The van der Waals surface area contributed by atoms with Gasteiger partial charge in [0, 0.05) is 38.4 Å². The Kier molecular flexibility index (Phi) is 6.82. The number of carbonyl (C=O) groups excluding carboxylic acids is 1. The molecule has 1 amide bonds. The summed E-state index contributed by atoms with van der Waals surface area (Å²) in [6.45, 7) is 7.94. The number of hydrogen-bond donors (Lipinski definition) is 1.